The third-order valence-electron chi connectivity index (χ3n) is 1.77. The minimum Gasteiger partial charge on any atom is -0.351 e. The summed E-state index contributed by atoms with van der Waals surface area (Å²) in [7, 11) is 0. The molecule has 0 radical (unpaired) electrons. The lowest BCUT2D eigenvalue weighted by Gasteiger charge is -2.04. The van der Waals surface area contributed by atoms with Crippen molar-refractivity contribution in [1.29, 1.82) is 0 Å². The number of nitrogens with two attached hydrogens (primary N) is 1. The third kappa shape index (κ3) is 3.35. The molecular formula is C11H11N3O2. The van der Waals surface area contributed by atoms with E-state index in [4.69, 9.17) is 12.2 Å². The maximum absolute atomic E-state index is 11.4. The molecule has 0 spiro atoms. The van der Waals surface area contributed by atoms with Crippen molar-refractivity contribution < 1.29 is 9.59 Å². The fourth-order valence-corrected chi connectivity index (χ4v) is 1.08. The van der Waals surface area contributed by atoms with E-state index in [0.29, 0.717) is 11.3 Å². The Kier molecular flexibility index (Phi) is 3.92. The van der Waals surface area contributed by atoms with Gasteiger partial charge in [-0.25, -0.2) is 4.79 Å². The summed E-state index contributed by atoms with van der Waals surface area (Å²) >= 11 is 0. The number of anilines is 1. The SMILES string of the molecule is C#CCNC(=O)c1ccc(NC(N)=O)cc1. The second-order valence-electron chi connectivity index (χ2n) is 2.95. The molecule has 16 heavy (non-hydrogen) atoms. The van der Waals surface area contributed by atoms with Crippen LogP contribution in [0.2, 0.25) is 0 Å². The van der Waals surface area contributed by atoms with Crippen LogP contribution in [0.3, 0.4) is 0 Å². The van der Waals surface area contributed by atoms with Crippen molar-refractivity contribution in [3.63, 3.8) is 0 Å². The van der Waals surface area contributed by atoms with Gasteiger partial charge in [0.15, 0.2) is 0 Å². The summed E-state index contributed by atoms with van der Waals surface area (Å²) in [5.41, 5.74) is 5.93. The Morgan fingerprint density at radius 2 is 1.94 bits per heavy atom. The van der Waals surface area contributed by atoms with E-state index in [2.05, 4.69) is 16.6 Å². The highest BCUT2D eigenvalue weighted by Crippen LogP contribution is 2.08. The molecule has 5 heteroatoms. The van der Waals surface area contributed by atoms with Crippen LogP contribution in [0.4, 0.5) is 10.5 Å². The van der Waals surface area contributed by atoms with E-state index >= 15 is 0 Å². The number of carbonyl (C=O) groups is 2. The zero-order valence-electron chi connectivity index (χ0n) is 8.49. The Morgan fingerprint density at radius 3 is 2.44 bits per heavy atom. The quantitative estimate of drug-likeness (QED) is 0.645. The molecule has 4 N–H and O–H groups in total. The number of nitrogens with one attached hydrogen (secondary N) is 2. The summed E-state index contributed by atoms with van der Waals surface area (Å²) in [4.78, 5) is 22.0. The van der Waals surface area contributed by atoms with Crippen molar-refractivity contribution in [2.24, 2.45) is 5.73 Å². The summed E-state index contributed by atoms with van der Waals surface area (Å²) in [5.74, 6) is 2.04. The van der Waals surface area contributed by atoms with Crippen molar-refractivity contribution >= 4 is 17.6 Å². The largest absolute Gasteiger partial charge is 0.351 e. The van der Waals surface area contributed by atoms with Gasteiger partial charge in [0, 0.05) is 11.3 Å². The van der Waals surface area contributed by atoms with E-state index in [1.807, 2.05) is 0 Å². The number of rotatable bonds is 3. The van der Waals surface area contributed by atoms with E-state index in [1.165, 1.54) is 0 Å². The fraction of sp³-hybridized carbons (Fsp3) is 0.0909. The van der Waals surface area contributed by atoms with Gasteiger partial charge in [-0.15, -0.1) is 6.42 Å². The average molecular weight is 217 g/mol. The second kappa shape index (κ2) is 5.41. The van der Waals surface area contributed by atoms with Gasteiger partial charge < -0.3 is 16.4 Å². The van der Waals surface area contributed by atoms with Gasteiger partial charge in [0.1, 0.15) is 0 Å². The van der Waals surface area contributed by atoms with Crippen LogP contribution in [0.1, 0.15) is 10.4 Å². The summed E-state index contributed by atoms with van der Waals surface area (Å²) in [6, 6.07) is 5.64. The Bertz CT molecular complexity index is 432. The fourth-order valence-electron chi connectivity index (χ4n) is 1.08. The van der Waals surface area contributed by atoms with Crippen LogP contribution < -0.4 is 16.4 Å². The van der Waals surface area contributed by atoms with Crippen LogP contribution in [0.25, 0.3) is 0 Å². The first-order valence-electron chi connectivity index (χ1n) is 4.51. The summed E-state index contributed by atoms with van der Waals surface area (Å²) < 4.78 is 0. The second-order valence-corrected chi connectivity index (χ2v) is 2.95. The average Bonchev–Trinajstić information content (AvgIpc) is 2.26. The van der Waals surface area contributed by atoms with Crippen LogP contribution in [-0.2, 0) is 0 Å². The normalized spacial score (nSPS) is 8.94. The first-order chi connectivity index (χ1) is 7.63. The molecule has 1 rings (SSSR count). The molecule has 0 bridgehead atoms. The molecule has 0 aromatic heterocycles. The van der Waals surface area contributed by atoms with Gasteiger partial charge in [0.2, 0.25) is 0 Å². The zero-order chi connectivity index (χ0) is 12.0. The van der Waals surface area contributed by atoms with Crippen LogP contribution in [-0.4, -0.2) is 18.5 Å². The Morgan fingerprint density at radius 1 is 1.31 bits per heavy atom. The van der Waals surface area contributed by atoms with Crippen LogP contribution in [0.5, 0.6) is 0 Å². The lowest BCUT2D eigenvalue weighted by molar-refractivity contribution is 0.0958. The van der Waals surface area contributed by atoms with Crippen molar-refractivity contribution in [1.82, 2.24) is 5.32 Å². The molecule has 0 aliphatic rings. The van der Waals surface area contributed by atoms with Crippen molar-refractivity contribution in [3.8, 4) is 12.3 Å². The van der Waals surface area contributed by atoms with Gasteiger partial charge in [0.05, 0.1) is 6.54 Å². The van der Waals surface area contributed by atoms with Crippen LogP contribution in [0.15, 0.2) is 24.3 Å². The molecule has 0 heterocycles. The monoisotopic (exact) mass is 217 g/mol. The van der Waals surface area contributed by atoms with Gasteiger partial charge in [-0.1, -0.05) is 5.92 Å². The van der Waals surface area contributed by atoms with Gasteiger partial charge in [-0.2, -0.15) is 0 Å². The highest BCUT2D eigenvalue weighted by atomic mass is 16.2. The van der Waals surface area contributed by atoms with Crippen molar-refractivity contribution in [2.75, 3.05) is 11.9 Å². The molecule has 82 valence electrons. The number of hydrogen-bond donors (Lipinski definition) is 3. The number of benzene rings is 1. The molecule has 0 unspecified atom stereocenters. The van der Waals surface area contributed by atoms with E-state index in [-0.39, 0.29) is 12.5 Å². The van der Waals surface area contributed by atoms with Gasteiger partial charge in [-0.3, -0.25) is 4.79 Å². The lowest BCUT2D eigenvalue weighted by atomic mass is 10.2. The van der Waals surface area contributed by atoms with Crippen molar-refractivity contribution in [3.05, 3.63) is 29.8 Å². The predicted molar refractivity (Wildman–Crippen MR) is 60.8 cm³/mol. The van der Waals surface area contributed by atoms with Crippen LogP contribution >= 0.6 is 0 Å². The molecule has 1 aromatic rings. The highest BCUT2D eigenvalue weighted by molar-refractivity contribution is 5.95. The predicted octanol–water partition coefficient (Wildman–Crippen LogP) is 0.540. The number of terminal acetylenes is 1. The minimum absolute atomic E-state index is 0.181. The van der Waals surface area contributed by atoms with E-state index in [9.17, 15) is 9.59 Å². The number of primary amides is 1. The third-order valence-corrected chi connectivity index (χ3v) is 1.77. The molecule has 0 aliphatic carbocycles. The summed E-state index contributed by atoms with van der Waals surface area (Å²) in [5, 5.41) is 4.91. The topological polar surface area (TPSA) is 84.2 Å². The highest BCUT2D eigenvalue weighted by Gasteiger charge is 2.03. The Labute approximate surface area is 93.0 Å². The molecule has 5 nitrogen and oxygen atoms in total. The molecule has 1 aromatic carbocycles. The molecule has 0 fully saturated rings. The van der Waals surface area contributed by atoms with E-state index in [1.54, 1.807) is 24.3 Å². The number of hydrogen-bond acceptors (Lipinski definition) is 2. The smallest absolute Gasteiger partial charge is 0.316 e. The molecule has 3 amide bonds. The summed E-state index contributed by atoms with van der Waals surface area (Å²) in [6.07, 6.45) is 5.01. The lowest BCUT2D eigenvalue weighted by Crippen LogP contribution is -2.23. The maximum Gasteiger partial charge on any atom is 0.316 e. The molecule has 0 aliphatic heterocycles. The Balaban J connectivity index is 2.67. The van der Waals surface area contributed by atoms with Gasteiger partial charge >= 0.3 is 6.03 Å². The number of urea groups is 1. The summed E-state index contributed by atoms with van der Waals surface area (Å²) in [6.45, 7) is 0.181. The van der Waals surface area contributed by atoms with Gasteiger partial charge in [0.25, 0.3) is 5.91 Å². The maximum atomic E-state index is 11.4. The minimum atomic E-state index is -0.649. The Hall–Kier alpha value is -2.48. The zero-order valence-corrected chi connectivity index (χ0v) is 8.49. The first kappa shape index (κ1) is 11.6. The van der Waals surface area contributed by atoms with E-state index < -0.39 is 6.03 Å². The van der Waals surface area contributed by atoms with Crippen LogP contribution in [0, 0.1) is 12.3 Å². The number of carbonyl (C=O) groups excluding carboxylic acids is 2. The molecule has 0 atom stereocenters. The first-order valence-corrected chi connectivity index (χ1v) is 4.51. The number of amides is 3. The van der Waals surface area contributed by atoms with Crippen molar-refractivity contribution in [2.45, 2.75) is 0 Å². The molecular weight excluding hydrogens is 206 g/mol. The van der Waals surface area contributed by atoms with Gasteiger partial charge in [-0.05, 0) is 24.3 Å². The molecule has 0 saturated carbocycles. The molecule has 0 saturated heterocycles. The standard InChI is InChI=1S/C11H11N3O2/c1-2-7-13-10(15)8-3-5-9(6-4-8)14-11(12)16/h1,3-6H,7H2,(H,13,15)(H3,12,14,16). The van der Waals surface area contributed by atoms with E-state index in [0.717, 1.165) is 0 Å².